The van der Waals surface area contributed by atoms with Crippen molar-refractivity contribution in [3.63, 3.8) is 0 Å². The van der Waals surface area contributed by atoms with Crippen LogP contribution in [0.1, 0.15) is 25.5 Å². The molecule has 4 nitrogen and oxygen atoms in total. The number of fused-ring (bicyclic) bond motifs is 3. The summed E-state index contributed by atoms with van der Waals surface area (Å²) in [5.74, 6) is 0.712. The molecular weight excluding hydrogens is 357 g/mol. The molecule has 0 radical (unpaired) electrons. The molecule has 0 spiro atoms. The SMILES string of the molecule is CC(=O)C1=C(C)Nc2nc3ccccc3n2[C@H]1c1ccc(Cl)c(Cl)c1. The molecule has 1 aliphatic rings. The number of halogens is 2. The maximum absolute atomic E-state index is 12.4. The second-order valence-corrected chi connectivity index (χ2v) is 6.90. The lowest BCUT2D eigenvalue weighted by Crippen LogP contribution is -2.27. The quantitative estimate of drug-likeness (QED) is 0.671. The second-order valence-electron chi connectivity index (χ2n) is 6.09. The Morgan fingerprint density at radius 3 is 2.64 bits per heavy atom. The number of anilines is 1. The van der Waals surface area contributed by atoms with E-state index in [1.54, 1.807) is 13.0 Å². The van der Waals surface area contributed by atoms with Crippen molar-refractivity contribution in [2.24, 2.45) is 0 Å². The third kappa shape index (κ3) is 2.53. The highest BCUT2D eigenvalue weighted by Gasteiger charge is 2.32. The van der Waals surface area contributed by atoms with Gasteiger partial charge in [0, 0.05) is 11.3 Å². The molecule has 0 bridgehead atoms. The maximum Gasteiger partial charge on any atom is 0.209 e. The van der Waals surface area contributed by atoms with Crippen LogP contribution in [0.5, 0.6) is 0 Å². The van der Waals surface area contributed by atoms with Crippen molar-refractivity contribution >= 4 is 46.0 Å². The summed E-state index contributed by atoms with van der Waals surface area (Å²) < 4.78 is 2.04. The molecule has 2 aromatic carbocycles. The predicted molar refractivity (Wildman–Crippen MR) is 101 cm³/mol. The van der Waals surface area contributed by atoms with Gasteiger partial charge in [0.2, 0.25) is 5.95 Å². The van der Waals surface area contributed by atoms with Gasteiger partial charge in [-0.1, -0.05) is 41.4 Å². The summed E-state index contributed by atoms with van der Waals surface area (Å²) in [6.07, 6.45) is 0. The summed E-state index contributed by atoms with van der Waals surface area (Å²) in [5.41, 5.74) is 4.20. The van der Waals surface area contributed by atoms with Crippen molar-refractivity contribution in [3.05, 3.63) is 69.3 Å². The van der Waals surface area contributed by atoms with Crippen LogP contribution in [0.25, 0.3) is 11.0 Å². The summed E-state index contributed by atoms with van der Waals surface area (Å²) >= 11 is 12.3. The molecule has 126 valence electrons. The summed E-state index contributed by atoms with van der Waals surface area (Å²) in [7, 11) is 0. The third-order valence-electron chi connectivity index (χ3n) is 4.47. The topological polar surface area (TPSA) is 46.9 Å². The number of nitrogens with one attached hydrogen (secondary N) is 1. The van der Waals surface area contributed by atoms with E-state index in [4.69, 9.17) is 23.2 Å². The number of allylic oxidation sites excluding steroid dienone is 2. The van der Waals surface area contributed by atoms with E-state index in [2.05, 4.69) is 10.3 Å². The van der Waals surface area contributed by atoms with Gasteiger partial charge in [-0.25, -0.2) is 4.98 Å². The van der Waals surface area contributed by atoms with Crippen molar-refractivity contribution in [2.75, 3.05) is 5.32 Å². The van der Waals surface area contributed by atoms with Crippen molar-refractivity contribution in [2.45, 2.75) is 19.9 Å². The molecule has 1 aromatic heterocycles. The van der Waals surface area contributed by atoms with Gasteiger partial charge in [-0.15, -0.1) is 0 Å². The first kappa shape index (κ1) is 16.2. The van der Waals surface area contributed by atoms with Gasteiger partial charge in [0.25, 0.3) is 0 Å². The van der Waals surface area contributed by atoms with Gasteiger partial charge in [0.05, 0.1) is 27.1 Å². The largest absolute Gasteiger partial charge is 0.329 e. The number of benzene rings is 2. The highest BCUT2D eigenvalue weighted by atomic mass is 35.5. The van der Waals surface area contributed by atoms with Crippen LogP contribution in [-0.4, -0.2) is 15.3 Å². The third-order valence-corrected chi connectivity index (χ3v) is 5.21. The fourth-order valence-electron chi connectivity index (χ4n) is 3.42. The van der Waals surface area contributed by atoms with E-state index in [0.717, 1.165) is 22.3 Å². The molecule has 0 saturated carbocycles. The average Bonchev–Trinajstić information content (AvgIpc) is 2.93. The minimum Gasteiger partial charge on any atom is -0.329 e. The number of ketones is 1. The number of Topliss-reactive ketones (excluding diaryl/α,β-unsaturated/α-hetero) is 1. The average molecular weight is 372 g/mol. The minimum absolute atomic E-state index is 0.00417. The Kier molecular flexibility index (Phi) is 3.82. The molecule has 0 aliphatic carbocycles. The first-order chi connectivity index (χ1) is 12.0. The molecule has 0 saturated heterocycles. The zero-order valence-electron chi connectivity index (χ0n) is 13.7. The number of carbonyl (C=O) groups excluding carboxylic acids is 1. The van der Waals surface area contributed by atoms with Crippen LogP contribution >= 0.6 is 23.2 Å². The number of carbonyl (C=O) groups is 1. The van der Waals surface area contributed by atoms with Crippen LogP contribution in [0, 0.1) is 0 Å². The number of imidazole rings is 1. The smallest absolute Gasteiger partial charge is 0.209 e. The van der Waals surface area contributed by atoms with Gasteiger partial charge < -0.3 is 5.32 Å². The standard InChI is InChI=1S/C19H15Cl2N3O/c1-10-17(11(2)25)18(12-7-8-13(20)14(21)9-12)24-16-6-4-3-5-15(16)23-19(24)22-10/h3-9,18H,1-2H3,(H,22,23)/t18-/m0/s1. The highest BCUT2D eigenvalue weighted by molar-refractivity contribution is 6.42. The predicted octanol–water partition coefficient (Wildman–Crippen LogP) is 5.22. The summed E-state index contributed by atoms with van der Waals surface area (Å²) in [5, 5.41) is 4.21. The van der Waals surface area contributed by atoms with Gasteiger partial charge in [0.15, 0.2) is 5.78 Å². The Bertz CT molecular complexity index is 1050. The number of hydrogen-bond donors (Lipinski definition) is 1. The molecule has 6 heteroatoms. The molecule has 1 N–H and O–H groups in total. The van der Waals surface area contributed by atoms with Crippen LogP contribution in [0.15, 0.2) is 53.7 Å². The lowest BCUT2D eigenvalue weighted by atomic mass is 9.92. The fraction of sp³-hybridized carbons (Fsp3) is 0.158. The Hall–Kier alpha value is -2.30. The van der Waals surface area contributed by atoms with Crippen molar-refractivity contribution in [3.8, 4) is 0 Å². The van der Waals surface area contributed by atoms with Gasteiger partial charge in [-0.3, -0.25) is 9.36 Å². The number of hydrogen-bond acceptors (Lipinski definition) is 3. The van der Waals surface area contributed by atoms with Crippen LogP contribution < -0.4 is 5.32 Å². The Balaban J connectivity index is 2.04. The first-order valence-corrected chi connectivity index (χ1v) is 8.63. The monoisotopic (exact) mass is 371 g/mol. The molecular formula is C19H15Cl2N3O. The Morgan fingerprint density at radius 1 is 1.16 bits per heavy atom. The summed E-state index contributed by atoms with van der Waals surface area (Å²) in [4.78, 5) is 17.1. The zero-order valence-corrected chi connectivity index (χ0v) is 15.2. The molecule has 0 unspecified atom stereocenters. The zero-order chi connectivity index (χ0) is 17.7. The van der Waals surface area contributed by atoms with E-state index in [9.17, 15) is 4.79 Å². The highest BCUT2D eigenvalue weighted by Crippen LogP contribution is 2.40. The van der Waals surface area contributed by atoms with Crippen LogP contribution in [-0.2, 0) is 4.79 Å². The van der Waals surface area contributed by atoms with E-state index < -0.39 is 0 Å². The number of nitrogens with zero attached hydrogens (tertiary/aromatic N) is 2. The minimum atomic E-state index is -0.309. The van der Waals surface area contributed by atoms with Gasteiger partial charge >= 0.3 is 0 Å². The maximum atomic E-state index is 12.4. The van der Waals surface area contributed by atoms with E-state index in [0.29, 0.717) is 21.6 Å². The molecule has 1 atom stereocenters. The van der Waals surface area contributed by atoms with Gasteiger partial charge in [-0.05, 0) is 43.7 Å². The summed E-state index contributed by atoms with van der Waals surface area (Å²) in [6, 6.07) is 13.0. The van der Waals surface area contributed by atoms with Crippen LogP contribution in [0.4, 0.5) is 5.95 Å². The second kappa shape index (κ2) is 5.90. The van der Waals surface area contributed by atoms with Crippen molar-refractivity contribution < 1.29 is 4.79 Å². The molecule has 4 rings (SSSR count). The van der Waals surface area contributed by atoms with E-state index in [1.165, 1.54) is 0 Å². The van der Waals surface area contributed by atoms with Crippen LogP contribution in [0.3, 0.4) is 0 Å². The first-order valence-electron chi connectivity index (χ1n) is 7.88. The van der Waals surface area contributed by atoms with Crippen LogP contribution in [0.2, 0.25) is 10.0 Å². The van der Waals surface area contributed by atoms with E-state index >= 15 is 0 Å². The van der Waals surface area contributed by atoms with Gasteiger partial charge in [-0.2, -0.15) is 0 Å². The molecule has 1 aliphatic heterocycles. The molecule has 0 amide bonds. The lowest BCUT2D eigenvalue weighted by Gasteiger charge is -2.30. The van der Waals surface area contributed by atoms with E-state index in [-0.39, 0.29) is 11.8 Å². The molecule has 2 heterocycles. The van der Waals surface area contributed by atoms with Gasteiger partial charge in [0.1, 0.15) is 0 Å². The molecule has 0 fully saturated rings. The molecule has 3 aromatic rings. The Morgan fingerprint density at radius 2 is 1.92 bits per heavy atom. The summed E-state index contributed by atoms with van der Waals surface area (Å²) in [6.45, 7) is 3.47. The van der Waals surface area contributed by atoms with Crippen molar-refractivity contribution in [1.29, 1.82) is 0 Å². The van der Waals surface area contributed by atoms with E-state index in [1.807, 2.05) is 47.9 Å². The fourth-order valence-corrected chi connectivity index (χ4v) is 3.72. The number of rotatable bonds is 2. The number of aromatic nitrogens is 2. The Labute approximate surface area is 155 Å². The molecule has 25 heavy (non-hydrogen) atoms. The lowest BCUT2D eigenvalue weighted by molar-refractivity contribution is -0.114. The van der Waals surface area contributed by atoms with Crippen molar-refractivity contribution in [1.82, 2.24) is 9.55 Å². The number of para-hydroxylation sites is 2. The normalized spacial score (nSPS) is 16.7.